The van der Waals surface area contributed by atoms with Gasteiger partial charge in [0.25, 0.3) is 0 Å². The Morgan fingerprint density at radius 3 is 2.07 bits per heavy atom. The van der Waals surface area contributed by atoms with E-state index in [9.17, 15) is 31.1 Å². The van der Waals surface area contributed by atoms with E-state index in [1.54, 1.807) is 12.1 Å². The van der Waals surface area contributed by atoms with Gasteiger partial charge in [0.05, 0.1) is 24.3 Å². The van der Waals surface area contributed by atoms with Crippen molar-refractivity contribution in [1.29, 1.82) is 0 Å². The number of hydrogen-bond acceptors (Lipinski definition) is 2. The van der Waals surface area contributed by atoms with Gasteiger partial charge >= 0.3 is 12.4 Å². The average Bonchev–Trinajstić information content (AvgIpc) is 2.67. The van der Waals surface area contributed by atoms with Gasteiger partial charge in [0.2, 0.25) is 5.91 Å². The van der Waals surface area contributed by atoms with Crippen LogP contribution in [0.2, 0.25) is 0 Å². The third-order valence-electron chi connectivity index (χ3n) is 5.11. The van der Waals surface area contributed by atoms with Crippen molar-refractivity contribution in [2.75, 3.05) is 13.2 Å². The van der Waals surface area contributed by atoms with E-state index < -0.39 is 35.5 Å². The number of amides is 1. The maximum absolute atomic E-state index is 13.0. The van der Waals surface area contributed by atoms with Crippen molar-refractivity contribution in [2.45, 2.75) is 37.2 Å². The second kappa shape index (κ2) is 8.29. The molecule has 9 heteroatoms. The number of halogens is 6. The van der Waals surface area contributed by atoms with Crippen LogP contribution in [0.3, 0.4) is 0 Å². The first kappa shape index (κ1) is 22.1. The number of rotatable bonds is 5. The van der Waals surface area contributed by atoms with Crippen LogP contribution in [-0.2, 0) is 33.9 Å². The molecule has 0 aliphatic carbocycles. The smallest absolute Gasteiger partial charge is 0.376 e. The van der Waals surface area contributed by atoms with Crippen LogP contribution in [-0.4, -0.2) is 19.1 Å². The number of carbonyl (C=O) groups is 1. The molecule has 30 heavy (non-hydrogen) atoms. The molecule has 1 aliphatic rings. The fraction of sp³-hybridized carbons (Fsp3) is 0.381. The van der Waals surface area contributed by atoms with Crippen LogP contribution in [0, 0.1) is 0 Å². The molecule has 0 radical (unpaired) electrons. The van der Waals surface area contributed by atoms with Gasteiger partial charge in [0.15, 0.2) is 0 Å². The van der Waals surface area contributed by atoms with E-state index in [0.29, 0.717) is 25.1 Å². The summed E-state index contributed by atoms with van der Waals surface area (Å²) < 4.78 is 83.7. The highest BCUT2D eigenvalue weighted by Crippen LogP contribution is 2.37. The SMILES string of the molecule is O=C1CC(COCc2cc(C(F)(F)F)cc(C(F)(F)F)c2)(c2ccccc2)CCN1. The van der Waals surface area contributed by atoms with Gasteiger partial charge in [-0.1, -0.05) is 30.3 Å². The zero-order valence-corrected chi connectivity index (χ0v) is 15.7. The predicted octanol–water partition coefficient (Wildman–Crippen LogP) is 5.09. The first-order valence-corrected chi connectivity index (χ1v) is 9.18. The number of piperidine rings is 1. The van der Waals surface area contributed by atoms with Crippen molar-refractivity contribution >= 4 is 5.91 Å². The number of carbonyl (C=O) groups excluding carboxylic acids is 1. The molecule has 2 aromatic carbocycles. The highest BCUT2D eigenvalue weighted by atomic mass is 19.4. The molecule has 0 aromatic heterocycles. The molecule has 0 saturated carbocycles. The summed E-state index contributed by atoms with van der Waals surface area (Å²) in [5.74, 6) is -0.188. The van der Waals surface area contributed by atoms with Crippen molar-refractivity contribution in [2.24, 2.45) is 0 Å². The highest BCUT2D eigenvalue weighted by Gasteiger charge is 2.39. The minimum absolute atomic E-state index is 0.0119. The molecule has 1 saturated heterocycles. The summed E-state index contributed by atoms with van der Waals surface area (Å²) in [6, 6.07) is 10.4. The fourth-order valence-electron chi connectivity index (χ4n) is 3.61. The van der Waals surface area contributed by atoms with Gasteiger partial charge in [-0.15, -0.1) is 0 Å². The van der Waals surface area contributed by atoms with E-state index in [1.165, 1.54) is 0 Å². The fourth-order valence-corrected chi connectivity index (χ4v) is 3.61. The van der Waals surface area contributed by atoms with E-state index >= 15 is 0 Å². The number of alkyl halides is 6. The van der Waals surface area contributed by atoms with Gasteiger partial charge < -0.3 is 10.1 Å². The van der Waals surface area contributed by atoms with E-state index in [-0.39, 0.29) is 30.6 Å². The molecule has 1 fully saturated rings. The second-order valence-corrected chi connectivity index (χ2v) is 7.33. The molecule has 3 rings (SSSR count). The van der Waals surface area contributed by atoms with Crippen molar-refractivity contribution < 1.29 is 35.9 Å². The quantitative estimate of drug-likeness (QED) is 0.670. The lowest BCUT2D eigenvalue weighted by Gasteiger charge is -2.37. The van der Waals surface area contributed by atoms with E-state index in [4.69, 9.17) is 4.74 Å². The first-order valence-electron chi connectivity index (χ1n) is 9.18. The zero-order chi connectivity index (χ0) is 22.0. The molecule has 1 amide bonds. The monoisotopic (exact) mass is 431 g/mol. The van der Waals surface area contributed by atoms with Crippen LogP contribution < -0.4 is 5.32 Å². The predicted molar refractivity (Wildman–Crippen MR) is 96.5 cm³/mol. The Bertz CT molecular complexity index is 862. The van der Waals surface area contributed by atoms with Crippen LogP contribution in [0.5, 0.6) is 0 Å². The molecular weight excluding hydrogens is 412 g/mol. The van der Waals surface area contributed by atoms with Crippen molar-refractivity contribution in [3.8, 4) is 0 Å². The lowest BCUT2D eigenvalue weighted by molar-refractivity contribution is -0.143. The van der Waals surface area contributed by atoms with Gasteiger partial charge in [-0.3, -0.25) is 4.79 Å². The van der Waals surface area contributed by atoms with E-state index in [1.807, 2.05) is 18.2 Å². The molecule has 2 aromatic rings. The summed E-state index contributed by atoms with van der Waals surface area (Å²) in [6.45, 7) is -0.0515. The second-order valence-electron chi connectivity index (χ2n) is 7.33. The van der Waals surface area contributed by atoms with Crippen LogP contribution >= 0.6 is 0 Å². The lowest BCUT2D eigenvalue weighted by atomic mass is 9.73. The minimum Gasteiger partial charge on any atom is -0.376 e. The molecule has 0 bridgehead atoms. The molecule has 1 unspecified atom stereocenters. The van der Waals surface area contributed by atoms with E-state index in [0.717, 1.165) is 5.56 Å². The van der Waals surface area contributed by atoms with Crippen molar-refractivity contribution in [1.82, 2.24) is 5.32 Å². The van der Waals surface area contributed by atoms with Gasteiger partial charge in [0, 0.05) is 18.4 Å². The minimum atomic E-state index is -4.91. The number of benzene rings is 2. The molecule has 1 aliphatic heterocycles. The first-order chi connectivity index (χ1) is 14.0. The summed E-state index contributed by atoms with van der Waals surface area (Å²) in [4.78, 5) is 12.0. The third kappa shape index (κ3) is 5.13. The maximum Gasteiger partial charge on any atom is 0.416 e. The highest BCUT2D eigenvalue weighted by molar-refractivity contribution is 5.78. The van der Waals surface area contributed by atoms with E-state index in [2.05, 4.69) is 5.32 Å². The number of hydrogen-bond donors (Lipinski definition) is 1. The van der Waals surface area contributed by atoms with Gasteiger partial charge in [-0.05, 0) is 35.7 Å². The Labute approximate surface area is 169 Å². The Morgan fingerprint density at radius 2 is 1.53 bits per heavy atom. The zero-order valence-electron chi connectivity index (χ0n) is 15.7. The lowest BCUT2D eigenvalue weighted by Crippen LogP contribution is -2.46. The molecule has 1 atom stereocenters. The Balaban J connectivity index is 1.82. The molecule has 1 N–H and O–H groups in total. The van der Waals surface area contributed by atoms with Crippen LogP contribution in [0.15, 0.2) is 48.5 Å². The Morgan fingerprint density at radius 1 is 0.933 bits per heavy atom. The normalized spacial score (nSPS) is 20.1. The van der Waals surface area contributed by atoms with Crippen molar-refractivity contribution in [3.05, 3.63) is 70.8 Å². The Kier molecular flexibility index (Phi) is 6.12. The van der Waals surface area contributed by atoms with Gasteiger partial charge in [-0.2, -0.15) is 26.3 Å². The molecule has 0 spiro atoms. The third-order valence-corrected chi connectivity index (χ3v) is 5.11. The Hall–Kier alpha value is -2.55. The molecule has 3 nitrogen and oxygen atoms in total. The summed E-state index contributed by atoms with van der Waals surface area (Å²) in [5, 5.41) is 2.72. The number of ether oxygens (including phenoxy) is 1. The van der Waals surface area contributed by atoms with Gasteiger partial charge in [-0.25, -0.2) is 0 Å². The standard InChI is InChI=1S/C21H19F6NO2/c22-20(23,24)16-8-14(9-17(10-16)21(25,26)27)12-30-13-19(6-7-28-18(29)11-19)15-4-2-1-3-5-15/h1-5,8-10H,6-7,11-13H2,(H,28,29). The van der Waals surface area contributed by atoms with Crippen LogP contribution in [0.1, 0.15) is 35.1 Å². The van der Waals surface area contributed by atoms with Crippen molar-refractivity contribution in [3.63, 3.8) is 0 Å². The van der Waals surface area contributed by atoms with Gasteiger partial charge in [0.1, 0.15) is 0 Å². The maximum atomic E-state index is 13.0. The summed E-state index contributed by atoms with van der Waals surface area (Å²) in [7, 11) is 0. The van der Waals surface area contributed by atoms with Crippen LogP contribution in [0.4, 0.5) is 26.3 Å². The topological polar surface area (TPSA) is 38.3 Å². The number of nitrogens with one attached hydrogen (secondary N) is 1. The molecule has 1 heterocycles. The van der Waals surface area contributed by atoms with Crippen LogP contribution in [0.25, 0.3) is 0 Å². The largest absolute Gasteiger partial charge is 0.416 e. The summed E-state index contributed by atoms with van der Waals surface area (Å²) >= 11 is 0. The average molecular weight is 431 g/mol. The summed E-state index contributed by atoms with van der Waals surface area (Å²) in [5.41, 5.74) is -2.87. The molecule has 162 valence electrons. The molecular formula is C21H19F6NO2. The summed E-state index contributed by atoms with van der Waals surface area (Å²) in [6.07, 6.45) is -9.17.